The first-order valence-electron chi connectivity index (χ1n) is 7.29. The minimum absolute atomic E-state index is 0.454. The third-order valence-electron chi connectivity index (χ3n) is 3.89. The first-order valence-corrected chi connectivity index (χ1v) is 7.67. The quantitative estimate of drug-likeness (QED) is 0.906. The van der Waals surface area contributed by atoms with Gasteiger partial charge in [-0.25, -0.2) is 0 Å². The van der Waals surface area contributed by atoms with Crippen LogP contribution in [0.4, 0.5) is 0 Å². The zero-order chi connectivity index (χ0) is 13.8. The second-order valence-corrected chi connectivity index (χ2v) is 6.31. The van der Waals surface area contributed by atoms with Gasteiger partial charge in [-0.05, 0) is 36.5 Å². The number of piperazine rings is 1. The molecule has 0 bridgehead atoms. The molecule has 19 heavy (non-hydrogen) atoms. The van der Waals surface area contributed by atoms with Crippen molar-refractivity contribution in [1.82, 2.24) is 10.2 Å². The molecule has 3 heteroatoms. The molecule has 1 aliphatic rings. The van der Waals surface area contributed by atoms with Gasteiger partial charge < -0.3 is 5.32 Å². The molecule has 2 rings (SSSR count). The van der Waals surface area contributed by atoms with Crippen LogP contribution in [0.25, 0.3) is 0 Å². The Kier molecular flexibility index (Phi) is 5.26. The largest absolute Gasteiger partial charge is 0.314 e. The summed E-state index contributed by atoms with van der Waals surface area (Å²) in [7, 11) is 0. The van der Waals surface area contributed by atoms with E-state index < -0.39 is 0 Å². The van der Waals surface area contributed by atoms with Gasteiger partial charge in [-0.2, -0.15) is 0 Å². The van der Waals surface area contributed by atoms with Crippen LogP contribution in [-0.4, -0.2) is 31.1 Å². The minimum atomic E-state index is 0.454. The standard InChI is InChI=1S/C16H25ClN2/c1-12(2)11-15(19-9-7-18-8-10-19)16-13(3)5-4-6-14(16)17/h4-6,12,15,18H,7-11H2,1-3H3/t15-/m1/s1. The molecular weight excluding hydrogens is 256 g/mol. The summed E-state index contributed by atoms with van der Waals surface area (Å²) in [6.45, 7) is 11.2. The molecule has 0 spiro atoms. The summed E-state index contributed by atoms with van der Waals surface area (Å²) in [5, 5.41) is 4.35. The molecule has 1 aliphatic heterocycles. The predicted octanol–water partition coefficient (Wildman–Crippen LogP) is 3.64. The zero-order valence-electron chi connectivity index (χ0n) is 12.2. The van der Waals surface area contributed by atoms with E-state index in [0.717, 1.165) is 31.2 Å². The lowest BCUT2D eigenvalue weighted by molar-refractivity contribution is 0.153. The van der Waals surface area contributed by atoms with E-state index in [1.54, 1.807) is 0 Å². The summed E-state index contributed by atoms with van der Waals surface area (Å²) in [6.07, 6.45) is 1.17. The molecule has 0 aliphatic carbocycles. The highest BCUT2D eigenvalue weighted by Gasteiger charge is 2.25. The van der Waals surface area contributed by atoms with Gasteiger partial charge in [0.2, 0.25) is 0 Å². The lowest BCUT2D eigenvalue weighted by atomic mass is 9.92. The molecule has 0 radical (unpaired) electrons. The van der Waals surface area contributed by atoms with Crippen LogP contribution in [-0.2, 0) is 0 Å². The second-order valence-electron chi connectivity index (χ2n) is 5.90. The smallest absolute Gasteiger partial charge is 0.0456 e. The molecule has 1 saturated heterocycles. The zero-order valence-corrected chi connectivity index (χ0v) is 13.0. The Hall–Kier alpha value is -0.570. The van der Waals surface area contributed by atoms with Gasteiger partial charge in [0.05, 0.1) is 0 Å². The molecule has 0 unspecified atom stereocenters. The topological polar surface area (TPSA) is 15.3 Å². The van der Waals surface area contributed by atoms with Crippen LogP contribution in [0.2, 0.25) is 5.02 Å². The van der Waals surface area contributed by atoms with Gasteiger partial charge in [0.15, 0.2) is 0 Å². The number of hydrogen-bond donors (Lipinski definition) is 1. The number of halogens is 1. The van der Waals surface area contributed by atoms with Crippen molar-refractivity contribution in [1.29, 1.82) is 0 Å². The van der Waals surface area contributed by atoms with Crippen LogP contribution < -0.4 is 5.32 Å². The van der Waals surface area contributed by atoms with Crippen molar-refractivity contribution >= 4 is 11.6 Å². The lowest BCUT2D eigenvalue weighted by Crippen LogP contribution is -2.45. The Morgan fingerprint density at radius 2 is 1.95 bits per heavy atom. The summed E-state index contributed by atoms with van der Waals surface area (Å²) in [4.78, 5) is 2.59. The molecule has 2 nitrogen and oxygen atoms in total. The third kappa shape index (κ3) is 3.71. The molecule has 1 aromatic carbocycles. The molecule has 0 amide bonds. The van der Waals surface area contributed by atoms with Crippen molar-refractivity contribution in [3.8, 4) is 0 Å². The van der Waals surface area contributed by atoms with E-state index in [2.05, 4.69) is 37.1 Å². The summed E-state index contributed by atoms with van der Waals surface area (Å²) < 4.78 is 0. The number of aryl methyl sites for hydroxylation is 1. The Morgan fingerprint density at radius 1 is 1.26 bits per heavy atom. The van der Waals surface area contributed by atoms with Crippen LogP contribution in [0, 0.1) is 12.8 Å². The monoisotopic (exact) mass is 280 g/mol. The van der Waals surface area contributed by atoms with E-state index in [-0.39, 0.29) is 0 Å². The van der Waals surface area contributed by atoms with Crippen LogP contribution in [0.15, 0.2) is 18.2 Å². The highest BCUT2D eigenvalue weighted by atomic mass is 35.5. The van der Waals surface area contributed by atoms with Crippen molar-refractivity contribution in [2.45, 2.75) is 33.2 Å². The van der Waals surface area contributed by atoms with Crippen LogP contribution in [0.1, 0.15) is 37.4 Å². The Balaban J connectivity index is 2.30. The highest BCUT2D eigenvalue weighted by molar-refractivity contribution is 6.31. The summed E-state index contributed by atoms with van der Waals surface area (Å²) in [5.41, 5.74) is 2.65. The van der Waals surface area contributed by atoms with E-state index in [4.69, 9.17) is 11.6 Å². The van der Waals surface area contributed by atoms with Crippen molar-refractivity contribution in [2.75, 3.05) is 26.2 Å². The highest BCUT2D eigenvalue weighted by Crippen LogP contribution is 2.34. The van der Waals surface area contributed by atoms with Gasteiger partial charge >= 0.3 is 0 Å². The summed E-state index contributed by atoms with van der Waals surface area (Å²) in [5.74, 6) is 0.676. The first-order chi connectivity index (χ1) is 9.09. The first kappa shape index (κ1) is 14.8. The normalized spacial score (nSPS) is 18.8. The van der Waals surface area contributed by atoms with Crippen molar-refractivity contribution in [3.63, 3.8) is 0 Å². The molecular formula is C16H25ClN2. The Bertz CT molecular complexity index is 391. The number of rotatable bonds is 4. The van der Waals surface area contributed by atoms with E-state index in [0.29, 0.717) is 12.0 Å². The van der Waals surface area contributed by atoms with E-state index in [9.17, 15) is 0 Å². The fourth-order valence-electron chi connectivity index (χ4n) is 2.96. The molecule has 1 heterocycles. The summed E-state index contributed by atoms with van der Waals surface area (Å²) in [6, 6.07) is 6.71. The van der Waals surface area contributed by atoms with Gasteiger partial charge in [0.25, 0.3) is 0 Å². The van der Waals surface area contributed by atoms with Crippen molar-refractivity contribution < 1.29 is 0 Å². The maximum Gasteiger partial charge on any atom is 0.0456 e. The molecule has 0 aromatic heterocycles. The lowest BCUT2D eigenvalue weighted by Gasteiger charge is -2.37. The maximum absolute atomic E-state index is 6.48. The molecule has 106 valence electrons. The molecule has 1 N–H and O–H groups in total. The van der Waals surface area contributed by atoms with Crippen LogP contribution in [0.5, 0.6) is 0 Å². The van der Waals surface area contributed by atoms with E-state index in [1.165, 1.54) is 17.5 Å². The van der Waals surface area contributed by atoms with Crippen LogP contribution >= 0.6 is 11.6 Å². The number of nitrogens with one attached hydrogen (secondary N) is 1. The van der Waals surface area contributed by atoms with E-state index in [1.807, 2.05) is 12.1 Å². The number of hydrogen-bond acceptors (Lipinski definition) is 2. The number of nitrogens with zero attached hydrogens (tertiary/aromatic N) is 1. The van der Waals surface area contributed by atoms with Gasteiger partial charge in [0, 0.05) is 37.2 Å². The number of benzene rings is 1. The average Bonchev–Trinajstić information content (AvgIpc) is 2.38. The van der Waals surface area contributed by atoms with E-state index >= 15 is 0 Å². The average molecular weight is 281 g/mol. The SMILES string of the molecule is Cc1cccc(Cl)c1[C@@H](CC(C)C)N1CCNCC1. The Labute approximate surface area is 122 Å². The van der Waals surface area contributed by atoms with Gasteiger partial charge in [-0.15, -0.1) is 0 Å². The van der Waals surface area contributed by atoms with Crippen molar-refractivity contribution in [2.24, 2.45) is 5.92 Å². The van der Waals surface area contributed by atoms with Crippen molar-refractivity contribution in [3.05, 3.63) is 34.3 Å². The summed E-state index contributed by atoms with van der Waals surface area (Å²) >= 11 is 6.48. The molecule has 0 saturated carbocycles. The molecule has 1 aromatic rings. The molecule has 1 atom stereocenters. The molecule has 1 fully saturated rings. The van der Waals surface area contributed by atoms with Crippen LogP contribution in [0.3, 0.4) is 0 Å². The fraction of sp³-hybridized carbons (Fsp3) is 0.625. The Morgan fingerprint density at radius 3 is 2.53 bits per heavy atom. The van der Waals surface area contributed by atoms with Gasteiger partial charge in [0.1, 0.15) is 0 Å². The fourth-order valence-corrected chi connectivity index (χ4v) is 3.30. The van der Waals surface area contributed by atoms with Gasteiger partial charge in [-0.3, -0.25) is 4.90 Å². The van der Waals surface area contributed by atoms with Gasteiger partial charge in [-0.1, -0.05) is 37.6 Å². The predicted molar refractivity (Wildman–Crippen MR) is 82.8 cm³/mol. The maximum atomic E-state index is 6.48. The minimum Gasteiger partial charge on any atom is -0.314 e. The second kappa shape index (κ2) is 6.74. The third-order valence-corrected chi connectivity index (χ3v) is 4.22.